The second-order valence-electron chi connectivity index (χ2n) is 7.36. The second kappa shape index (κ2) is 5.52. The largest absolute Gasteiger partial charge is 0.380 e. The summed E-state index contributed by atoms with van der Waals surface area (Å²) in [5, 5.41) is 6.93. The lowest BCUT2D eigenvalue weighted by Gasteiger charge is -2.40. The van der Waals surface area contributed by atoms with Gasteiger partial charge in [-0.25, -0.2) is 0 Å². The van der Waals surface area contributed by atoms with E-state index in [9.17, 15) is 4.79 Å². The van der Waals surface area contributed by atoms with Crippen molar-refractivity contribution in [2.75, 3.05) is 17.2 Å². The van der Waals surface area contributed by atoms with Gasteiger partial charge in [-0.2, -0.15) is 0 Å². The van der Waals surface area contributed by atoms with Crippen LogP contribution in [0.4, 0.5) is 11.4 Å². The Balaban J connectivity index is 1.85. The highest BCUT2D eigenvalue weighted by molar-refractivity contribution is 6.02. The third-order valence-corrected chi connectivity index (χ3v) is 5.13. The molecule has 1 atom stereocenters. The zero-order valence-electron chi connectivity index (χ0n) is 14.1. The van der Waals surface area contributed by atoms with Gasteiger partial charge in [0.15, 0.2) is 5.78 Å². The molecule has 0 saturated carbocycles. The molecule has 1 unspecified atom stereocenters. The fourth-order valence-electron chi connectivity index (χ4n) is 4.11. The number of ketones is 1. The Labute approximate surface area is 142 Å². The number of anilines is 2. The number of Topliss-reactive ketones (excluding diaryl/α,β-unsaturated/α-hetero) is 1. The summed E-state index contributed by atoms with van der Waals surface area (Å²) < 4.78 is 0. The molecule has 2 aromatic rings. The van der Waals surface area contributed by atoms with E-state index in [4.69, 9.17) is 0 Å². The van der Waals surface area contributed by atoms with Crippen molar-refractivity contribution >= 4 is 17.2 Å². The molecule has 24 heavy (non-hydrogen) atoms. The predicted octanol–water partition coefficient (Wildman–Crippen LogP) is 4.56. The number of rotatable bonds is 1. The van der Waals surface area contributed by atoms with Crippen LogP contribution >= 0.6 is 0 Å². The third-order valence-electron chi connectivity index (χ3n) is 5.13. The first kappa shape index (κ1) is 15.0. The highest BCUT2D eigenvalue weighted by Crippen LogP contribution is 2.49. The van der Waals surface area contributed by atoms with Crippen molar-refractivity contribution in [1.82, 2.24) is 0 Å². The Bertz CT molecular complexity index is 821. The molecular formula is C21H22N2O. The van der Waals surface area contributed by atoms with Crippen LogP contribution in [0, 0.1) is 5.41 Å². The second-order valence-corrected chi connectivity index (χ2v) is 7.36. The monoisotopic (exact) mass is 318 g/mol. The number of carbonyl (C=O) groups is 1. The summed E-state index contributed by atoms with van der Waals surface area (Å²) >= 11 is 0. The van der Waals surface area contributed by atoms with Crippen molar-refractivity contribution < 1.29 is 4.79 Å². The van der Waals surface area contributed by atoms with E-state index in [1.807, 2.05) is 30.3 Å². The number of allylic oxidation sites excluding steroid dienone is 1. The molecular weight excluding hydrogens is 296 g/mol. The van der Waals surface area contributed by atoms with Crippen LogP contribution in [0.1, 0.15) is 31.7 Å². The van der Waals surface area contributed by atoms with Gasteiger partial charge in [0.2, 0.25) is 0 Å². The van der Waals surface area contributed by atoms with E-state index in [1.165, 1.54) is 11.1 Å². The van der Waals surface area contributed by atoms with Gasteiger partial charge in [0, 0.05) is 18.9 Å². The molecule has 1 aliphatic carbocycles. The average Bonchev–Trinajstić information content (AvgIpc) is 2.75. The number of carbonyl (C=O) groups excluding carboxylic acids is 1. The molecule has 0 fully saturated rings. The normalized spacial score (nSPS) is 21.9. The average molecular weight is 318 g/mol. The molecule has 122 valence electrons. The molecule has 2 aliphatic rings. The Morgan fingerprint density at radius 1 is 0.958 bits per heavy atom. The van der Waals surface area contributed by atoms with Gasteiger partial charge >= 0.3 is 0 Å². The first-order valence-corrected chi connectivity index (χ1v) is 8.47. The summed E-state index contributed by atoms with van der Waals surface area (Å²) in [7, 11) is 0. The van der Waals surface area contributed by atoms with Gasteiger partial charge < -0.3 is 10.6 Å². The van der Waals surface area contributed by atoms with Crippen LogP contribution in [0.15, 0.2) is 65.9 Å². The zero-order valence-corrected chi connectivity index (χ0v) is 14.1. The number of nitrogens with one attached hydrogen (secondary N) is 2. The standard InChI is InChI=1S/C21H22N2O/c1-21(2)12-18(24)20-15(19(21)14-8-4-3-5-9-14)13-22-16-10-6-7-11-17(16)23-20/h3-11,19,22-23H,12-13H2,1-2H3. The van der Waals surface area contributed by atoms with Gasteiger partial charge in [-0.1, -0.05) is 56.3 Å². The molecule has 2 aromatic carbocycles. The van der Waals surface area contributed by atoms with Crippen molar-refractivity contribution in [3.8, 4) is 0 Å². The molecule has 0 amide bonds. The van der Waals surface area contributed by atoms with Gasteiger partial charge in [0.25, 0.3) is 0 Å². The quantitative estimate of drug-likeness (QED) is 0.810. The van der Waals surface area contributed by atoms with Crippen molar-refractivity contribution in [3.63, 3.8) is 0 Å². The lowest BCUT2D eigenvalue weighted by Crippen LogP contribution is -2.36. The minimum Gasteiger partial charge on any atom is -0.380 e. The van der Waals surface area contributed by atoms with E-state index in [0.29, 0.717) is 13.0 Å². The van der Waals surface area contributed by atoms with Gasteiger partial charge in [-0.3, -0.25) is 4.79 Å². The summed E-state index contributed by atoms with van der Waals surface area (Å²) in [6.45, 7) is 5.09. The maximum Gasteiger partial charge on any atom is 0.179 e. The highest BCUT2D eigenvalue weighted by Gasteiger charge is 2.43. The molecule has 0 saturated heterocycles. The van der Waals surface area contributed by atoms with E-state index in [0.717, 1.165) is 17.1 Å². The topological polar surface area (TPSA) is 41.1 Å². The number of para-hydroxylation sites is 2. The van der Waals surface area contributed by atoms with Crippen LogP contribution in [0.2, 0.25) is 0 Å². The summed E-state index contributed by atoms with van der Waals surface area (Å²) in [4.78, 5) is 12.8. The van der Waals surface area contributed by atoms with Crippen molar-refractivity contribution in [1.29, 1.82) is 0 Å². The van der Waals surface area contributed by atoms with E-state index in [2.05, 4.69) is 48.7 Å². The molecule has 0 aromatic heterocycles. The zero-order chi connectivity index (χ0) is 16.7. The Morgan fingerprint density at radius 3 is 2.38 bits per heavy atom. The molecule has 0 bridgehead atoms. The molecule has 3 nitrogen and oxygen atoms in total. The molecule has 3 heteroatoms. The summed E-state index contributed by atoms with van der Waals surface area (Å²) in [6.07, 6.45) is 0.556. The summed E-state index contributed by atoms with van der Waals surface area (Å²) in [5.41, 5.74) is 5.14. The molecule has 1 heterocycles. The highest BCUT2D eigenvalue weighted by atomic mass is 16.1. The van der Waals surface area contributed by atoms with Gasteiger partial charge in [-0.15, -0.1) is 0 Å². The van der Waals surface area contributed by atoms with E-state index in [1.54, 1.807) is 0 Å². The van der Waals surface area contributed by atoms with Crippen LogP contribution in [-0.4, -0.2) is 12.3 Å². The number of fused-ring (bicyclic) bond motifs is 1. The molecule has 0 radical (unpaired) electrons. The van der Waals surface area contributed by atoms with Gasteiger partial charge in [-0.05, 0) is 28.7 Å². The predicted molar refractivity (Wildman–Crippen MR) is 98.2 cm³/mol. The minimum absolute atomic E-state index is 0.100. The summed E-state index contributed by atoms with van der Waals surface area (Å²) in [6, 6.07) is 18.6. The van der Waals surface area contributed by atoms with Crippen LogP contribution < -0.4 is 10.6 Å². The maximum atomic E-state index is 12.8. The lowest BCUT2D eigenvalue weighted by molar-refractivity contribution is -0.118. The lowest BCUT2D eigenvalue weighted by atomic mass is 9.64. The van der Waals surface area contributed by atoms with Crippen LogP contribution in [-0.2, 0) is 4.79 Å². The van der Waals surface area contributed by atoms with Crippen LogP contribution in [0.3, 0.4) is 0 Å². The molecule has 0 spiro atoms. The minimum atomic E-state index is -0.100. The Kier molecular flexibility index (Phi) is 3.45. The fourth-order valence-corrected chi connectivity index (χ4v) is 4.11. The first-order valence-electron chi connectivity index (χ1n) is 8.47. The van der Waals surface area contributed by atoms with Crippen molar-refractivity contribution in [3.05, 3.63) is 71.4 Å². The Hall–Kier alpha value is -2.55. The Morgan fingerprint density at radius 2 is 1.62 bits per heavy atom. The fraction of sp³-hybridized carbons (Fsp3) is 0.286. The van der Waals surface area contributed by atoms with E-state index in [-0.39, 0.29) is 17.1 Å². The van der Waals surface area contributed by atoms with Crippen molar-refractivity contribution in [2.45, 2.75) is 26.2 Å². The maximum absolute atomic E-state index is 12.8. The SMILES string of the molecule is CC1(C)CC(=O)C2=C(CNc3ccccc3N2)C1c1ccccc1. The van der Waals surface area contributed by atoms with Crippen LogP contribution in [0.25, 0.3) is 0 Å². The number of hydrogen-bond donors (Lipinski definition) is 2. The summed E-state index contributed by atoms with van der Waals surface area (Å²) in [5.74, 6) is 0.432. The van der Waals surface area contributed by atoms with Gasteiger partial charge in [0.05, 0.1) is 17.1 Å². The smallest absolute Gasteiger partial charge is 0.179 e. The van der Waals surface area contributed by atoms with Crippen LogP contribution in [0.5, 0.6) is 0 Å². The van der Waals surface area contributed by atoms with E-state index < -0.39 is 0 Å². The number of benzene rings is 2. The van der Waals surface area contributed by atoms with Crippen molar-refractivity contribution in [2.24, 2.45) is 5.41 Å². The molecule has 2 N–H and O–H groups in total. The number of hydrogen-bond acceptors (Lipinski definition) is 3. The molecule has 4 rings (SSSR count). The van der Waals surface area contributed by atoms with E-state index >= 15 is 0 Å². The first-order chi connectivity index (χ1) is 11.6. The van der Waals surface area contributed by atoms with Gasteiger partial charge in [0.1, 0.15) is 0 Å². The molecule has 1 aliphatic heterocycles. The third kappa shape index (κ3) is 2.41.